The minimum atomic E-state index is 0.688. The molecule has 244 valence electrons. The van der Waals surface area contributed by atoms with E-state index in [9.17, 15) is 0 Å². The second kappa shape index (κ2) is 27.9. The molecule has 2 aromatic carbocycles. The van der Waals surface area contributed by atoms with E-state index < -0.39 is 0 Å². The second-order valence-corrected chi connectivity index (χ2v) is 13.3. The van der Waals surface area contributed by atoms with Gasteiger partial charge in [0.25, 0.3) is 0 Å². The zero-order valence-corrected chi connectivity index (χ0v) is 28.7. The Morgan fingerprint density at radius 2 is 0.674 bits per heavy atom. The van der Waals surface area contributed by atoms with Gasteiger partial charge in [-0.15, -0.1) is 0 Å². The molecule has 2 aromatic rings. The predicted molar refractivity (Wildman–Crippen MR) is 191 cm³/mol. The van der Waals surface area contributed by atoms with E-state index in [1.165, 1.54) is 165 Å². The molecular formula is C42H70O. The van der Waals surface area contributed by atoms with Crippen LogP contribution in [-0.2, 0) is 4.74 Å². The van der Waals surface area contributed by atoms with Crippen LogP contribution >= 0.6 is 0 Å². The number of rotatable bonds is 30. The Labute approximate surface area is 269 Å². The van der Waals surface area contributed by atoms with Gasteiger partial charge >= 0.3 is 0 Å². The van der Waals surface area contributed by atoms with Crippen molar-refractivity contribution in [1.29, 1.82) is 0 Å². The second-order valence-electron chi connectivity index (χ2n) is 13.3. The van der Waals surface area contributed by atoms with E-state index in [4.69, 9.17) is 4.74 Å². The van der Waals surface area contributed by atoms with Crippen molar-refractivity contribution in [1.82, 2.24) is 0 Å². The van der Waals surface area contributed by atoms with Gasteiger partial charge < -0.3 is 4.74 Å². The maximum Gasteiger partial charge on any atom is 0.0466 e. The SMILES string of the molecule is CCCCCCCCCCCC(CCCOCCCC(CCCCCCCCCCC)c1ccccc1)c1ccccc1. The van der Waals surface area contributed by atoms with Gasteiger partial charge in [0.05, 0.1) is 0 Å². The number of unbranched alkanes of at least 4 members (excludes halogenated alkanes) is 16. The molecule has 0 N–H and O–H groups in total. The highest BCUT2D eigenvalue weighted by Gasteiger charge is 2.13. The standard InChI is InChI=1S/C42H70O/c1-3-5-7-9-11-13-15-17-21-29-41(39-31-23-19-24-32-39)35-27-37-43-38-28-36-42(40-33-25-20-26-34-40)30-22-18-16-14-12-10-8-6-4-2/h19-20,23-26,31-34,41-42H,3-18,21-22,27-30,35-38H2,1-2H3. The molecule has 1 heteroatoms. The molecule has 2 rings (SSSR count). The molecule has 0 spiro atoms. The Morgan fingerprint density at radius 1 is 0.372 bits per heavy atom. The first-order chi connectivity index (χ1) is 21.3. The summed E-state index contributed by atoms with van der Waals surface area (Å²) < 4.78 is 6.20. The molecule has 43 heavy (non-hydrogen) atoms. The maximum atomic E-state index is 6.20. The molecule has 0 bridgehead atoms. The van der Waals surface area contributed by atoms with E-state index in [0.29, 0.717) is 11.8 Å². The zero-order chi connectivity index (χ0) is 30.5. The lowest BCUT2D eigenvalue weighted by Gasteiger charge is -2.19. The molecule has 0 heterocycles. The van der Waals surface area contributed by atoms with Gasteiger partial charge in [0.2, 0.25) is 0 Å². The van der Waals surface area contributed by atoms with Crippen LogP contribution in [0.4, 0.5) is 0 Å². The van der Waals surface area contributed by atoms with E-state index in [1.54, 1.807) is 0 Å². The number of hydrogen-bond acceptors (Lipinski definition) is 1. The fourth-order valence-electron chi connectivity index (χ4n) is 6.77. The maximum absolute atomic E-state index is 6.20. The van der Waals surface area contributed by atoms with Gasteiger partial charge in [-0.1, -0.05) is 190 Å². The van der Waals surface area contributed by atoms with Crippen molar-refractivity contribution < 1.29 is 4.74 Å². The van der Waals surface area contributed by atoms with Crippen LogP contribution in [-0.4, -0.2) is 13.2 Å². The monoisotopic (exact) mass is 591 g/mol. The number of benzene rings is 2. The molecule has 0 aliphatic rings. The summed E-state index contributed by atoms with van der Waals surface area (Å²) in [6, 6.07) is 22.5. The highest BCUT2D eigenvalue weighted by Crippen LogP contribution is 2.29. The van der Waals surface area contributed by atoms with Crippen LogP contribution in [0.1, 0.15) is 191 Å². The summed E-state index contributed by atoms with van der Waals surface area (Å²) in [6.45, 7) is 6.43. The molecule has 0 fully saturated rings. The topological polar surface area (TPSA) is 9.23 Å². The van der Waals surface area contributed by atoms with E-state index in [2.05, 4.69) is 74.5 Å². The van der Waals surface area contributed by atoms with Crippen molar-refractivity contribution in [3.05, 3.63) is 71.8 Å². The van der Waals surface area contributed by atoms with Gasteiger partial charge in [0.15, 0.2) is 0 Å². The molecule has 0 saturated heterocycles. The fraction of sp³-hybridized carbons (Fsp3) is 0.714. The Morgan fingerprint density at radius 3 is 1.02 bits per heavy atom. The van der Waals surface area contributed by atoms with Crippen LogP contribution in [0.3, 0.4) is 0 Å². The largest absolute Gasteiger partial charge is 0.381 e. The van der Waals surface area contributed by atoms with Crippen LogP contribution in [0.2, 0.25) is 0 Å². The van der Waals surface area contributed by atoms with Crippen LogP contribution < -0.4 is 0 Å². The third-order valence-corrected chi connectivity index (χ3v) is 9.54. The van der Waals surface area contributed by atoms with Gasteiger partial charge in [0.1, 0.15) is 0 Å². The average molecular weight is 591 g/mol. The Hall–Kier alpha value is -1.60. The molecule has 1 nitrogen and oxygen atoms in total. The highest BCUT2D eigenvalue weighted by atomic mass is 16.5. The summed E-state index contributed by atoms with van der Waals surface area (Å²) in [7, 11) is 0. The molecule has 0 aromatic heterocycles. The van der Waals surface area contributed by atoms with Crippen LogP contribution in [0.25, 0.3) is 0 Å². The van der Waals surface area contributed by atoms with Gasteiger partial charge in [-0.05, 0) is 61.5 Å². The normalized spacial score (nSPS) is 12.9. The molecule has 0 aliphatic carbocycles. The van der Waals surface area contributed by atoms with Crippen LogP contribution in [0.15, 0.2) is 60.7 Å². The lowest BCUT2D eigenvalue weighted by Crippen LogP contribution is -2.05. The molecule has 0 saturated carbocycles. The molecule has 0 amide bonds. The van der Waals surface area contributed by atoms with Crippen molar-refractivity contribution in [2.45, 2.75) is 180 Å². The highest BCUT2D eigenvalue weighted by molar-refractivity contribution is 5.20. The lowest BCUT2D eigenvalue weighted by molar-refractivity contribution is 0.123. The van der Waals surface area contributed by atoms with Crippen molar-refractivity contribution in [3.8, 4) is 0 Å². The van der Waals surface area contributed by atoms with Crippen molar-refractivity contribution in [2.24, 2.45) is 0 Å². The molecule has 2 unspecified atom stereocenters. The first-order valence-electron chi connectivity index (χ1n) is 19.0. The van der Waals surface area contributed by atoms with E-state index >= 15 is 0 Å². The first kappa shape index (κ1) is 37.6. The summed E-state index contributed by atoms with van der Waals surface area (Å²) in [5.41, 5.74) is 3.06. The van der Waals surface area contributed by atoms with Gasteiger partial charge in [-0.3, -0.25) is 0 Å². The van der Waals surface area contributed by atoms with Crippen molar-refractivity contribution in [3.63, 3.8) is 0 Å². The van der Waals surface area contributed by atoms with E-state index in [0.717, 1.165) is 13.2 Å². The summed E-state index contributed by atoms with van der Waals surface area (Å²) in [6.07, 6.45) is 32.9. The minimum Gasteiger partial charge on any atom is -0.381 e. The summed E-state index contributed by atoms with van der Waals surface area (Å²) in [5, 5.41) is 0. The zero-order valence-electron chi connectivity index (χ0n) is 28.7. The number of hydrogen-bond donors (Lipinski definition) is 0. The fourth-order valence-corrected chi connectivity index (χ4v) is 6.77. The van der Waals surface area contributed by atoms with Gasteiger partial charge in [0, 0.05) is 13.2 Å². The summed E-state index contributed by atoms with van der Waals surface area (Å²) in [4.78, 5) is 0. The molecule has 0 radical (unpaired) electrons. The van der Waals surface area contributed by atoms with E-state index in [1.807, 2.05) is 0 Å². The Kier molecular flexibility index (Phi) is 24.4. The van der Waals surface area contributed by atoms with E-state index in [-0.39, 0.29) is 0 Å². The predicted octanol–water partition coefficient (Wildman–Crippen LogP) is 14.0. The third-order valence-electron chi connectivity index (χ3n) is 9.54. The van der Waals surface area contributed by atoms with Gasteiger partial charge in [-0.25, -0.2) is 0 Å². The lowest BCUT2D eigenvalue weighted by atomic mass is 9.89. The quantitative estimate of drug-likeness (QED) is 0.0822. The molecule has 2 atom stereocenters. The smallest absolute Gasteiger partial charge is 0.0466 e. The summed E-state index contributed by atoms with van der Waals surface area (Å²) >= 11 is 0. The average Bonchev–Trinajstić information content (AvgIpc) is 3.05. The third kappa shape index (κ3) is 20.1. The Balaban J connectivity index is 1.60. The van der Waals surface area contributed by atoms with Crippen LogP contribution in [0, 0.1) is 0 Å². The molecular weight excluding hydrogens is 520 g/mol. The minimum absolute atomic E-state index is 0.688. The first-order valence-corrected chi connectivity index (χ1v) is 19.0. The number of ether oxygens (including phenoxy) is 1. The van der Waals surface area contributed by atoms with Crippen LogP contribution in [0.5, 0.6) is 0 Å². The molecule has 0 aliphatic heterocycles. The Bertz CT molecular complexity index is 746. The van der Waals surface area contributed by atoms with Crippen molar-refractivity contribution >= 4 is 0 Å². The summed E-state index contributed by atoms with van der Waals surface area (Å²) in [5.74, 6) is 1.38. The van der Waals surface area contributed by atoms with Crippen molar-refractivity contribution in [2.75, 3.05) is 13.2 Å². The van der Waals surface area contributed by atoms with Gasteiger partial charge in [-0.2, -0.15) is 0 Å².